The number of hydrogen-bond acceptors (Lipinski definition) is 1. The highest BCUT2D eigenvalue weighted by Gasteiger charge is 2.20. The Labute approximate surface area is 108 Å². The Morgan fingerprint density at radius 2 is 1.88 bits per heavy atom. The number of nitrogens with two attached hydrogens (primary N) is 1. The van der Waals surface area contributed by atoms with Crippen LogP contribution >= 0.6 is 11.6 Å². The fourth-order valence-corrected chi connectivity index (χ4v) is 2.06. The molecule has 3 heteroatoms. The smallest absolute Gasteiger partial charge is 0.128 e. The quantitative estimate of drug-likeness (QED) is 0.809. The molecule has 0 bridgehead atoms. The van der Waals surface area contributed by atoms with Gasteiger partial charge in [-0.15, -0.1) is 0 Å². The van der Waals surface area contributed by atoms with Gasteiger partial charge in [0.1, 0.15) is 5.82 Å². The van der Waals surface area contributed by atoms with Crippen LogP contribution in [0, 0.1) is 5.82 Å². The van der Waals surface area contributed by atoms with Gasteiger partial charge in [-0.3, -0.25) is 0 Å². The van der Waals surface area contributed by atoms with Crippen molar-refractivity contribution >= 4 is 11.6 Å². The Kier molecular flexibility index (Phi) is 4.96. The molecule has 1 aromatic rings. The van der Waals surface area contributed by atoms with Crippen molar-refractivity contribution in [3.8, 4) is 0 Å². The van der Waals surface area contributed by atoms with Crippen LogP contribution in [0.4, 0.5) is 4.39 Å². The van der Waals surface area contributed by atoms with E-state index in [1.807, 2.05) is 26.8 Å². The minimum absolute atomic E-state index is 0.197. The third-order valence-corrected chi connectivity index (χ3v) is 3.20. The molecule has 1 rings (SSSR count). The second-order valence-electron chi connectivity index (χ2n) is 5.42. The van der Waals surface area contributed by atoms with Crippen LogP contribution < -0.4 is 5.73 Å². The van der Waals surface area contributed by atoms with Crippen LogP contribution in [0.3, 0.4) is 0 Å². The van der Waals surface area contributed by atoms with E-state index in [4.69, 9.17) is 17.3 Å². The first-order valence-electron chi connectivity index (χ1n) is 6.04. The number of benzene rings is 1. The lowest BCUT2D eigenvalue weighted by Crippen LogP contribution is -2.14. The number of halogens is 2. The van der Waals surface area contributed by atoms with E-state index in [1.165, 1.54) is 6.07 Å². The average molecular weight is 258 g/mol. The van der Waals surface area contributed by atoms with Crippen molar-refractivity contribution in [2.75, 3.05) is 6.54 Å². The molecule has 0 atom stereocenters. The SMILES string of the molecule is CC(C)(C)c1cc(CCCCN)c(Cl)cc1F. The summed E-state index contributed by atoms with van der Waals surface area (Å²) >= 11 is 6.06. The van der Waals surface area contributed by atoms with Crippen molar-refractivity contribution in [2.24, 2.45) is 5.73 Å². The molecule has 0 aliphatic rings. The summed E-state index contributed by atoms with van der Waals surface area (Å²) < 4.78 is 13.8. The van der Waals surface area contributed by atoms with E-state index < -0.39 is 0 Å². The first kappa shape index (κ1) is 14.5. The van der Waals surface area contributed by atoms with Crippen molar-refractivity contribution in [3.63, 3.8) is 0 Å². The molecular formula is C14H21ClFN. The van der Waals surface area contributed by atoms with Gasteiger partial charge in [0.25, 0.3) is 0 Å². The summed E-state index contributed by atoms with van der Waals surface area (Å²) in [5.41, 5.74) is 7.01. The molecule has 17 heavy (non-hydrogen) atoms. The van der Waals surface area contributed by atoms with Gasteiger partial charge in [0, 0.05) is 5.02 Å². The highest BCUT2D eigenvalue weighted by atomic mass is 35.5. The average Bonchev–Trinajstić information content (AvgIpc) is 2.19. The lowest BCUT2D eigenvalue weighted by Gasteiger charge is -2.21. The van der Waals surface area contributed by atoms with Crippen LogP contribution in [0.15, 0.2) is 12.1 Å². The molecule has 96 valence electrons. The lowest BCUT2D eigenvalue weighted by atomic mass is 9.85. The van der Waals surface area contributed by atoms with Crippen LogP contribution in [0.25, 0.3) is 0 Å². The summed E-state index contributed by atoms with van der Waals surface area (Å²) in [4.78, 5) is 0. The van der Waals surface area contributed by atoms with E-state index in [9.17, 15) is 4.39 Å². The van der Waals surface area contributed by atoms with Gasteiger partial charge >= 0.3 is 0 Å². The molecule has 0 spiro atoms. The fraction of sp³-hybridized carbons (Fsp3) is 0.571. The Morgan fingerprint density at radius 3 is 2.41 bits per heavy atom. The Balaban J connectivity index is 2.98. The molecule has 0 unspecified atom stereocenters. The highest BCUT2D eigenvalue weighted by Crippen LogP contribution is 2.30. The Bertz CT molecular complexity index is 383. The van der Waals surface area contributed by atoms with Crippen LogP contribution in [0.5, 0.6) is 0 Å². The van der Waals surface area contributed by atoms with Gasteiger partial charge in [0.05, 0.1) is 0 Å². The van der Waals surface area contributed by atoms with Gasteiger partial charge < -0.3 is 5.73 Å². The van der Waals surface area contributed by atoms with E-state index in [-0.39, 0.29) is 11.2 Å². The number of rotatable bonds is 4. The minimum Gasteiger partial charge on any atom is -0.330 e. The van der Waals surface area contributed by atoms with Crippen LogP contribution in [-0.2, 0) is 11.8 Å². The summed E-state index contributed by atoms with van der Waals surface area (Å²) in [7, 11) is 0. The lowest BCUT2D eigenvalue weighted by molar-refractivity contribution is 0.521. The maximum absolute atomic E-state index is 13.8. The highest BCUT2D eigenvalue weighted by molar-refractivity contribution is 6.31. The first-order valence-corrected chi connectivity index (χ1v) is 6.42. The van der Waals surface area contributed by atoms with E-state index >= 15 is 0 Å². The largest absolute Gasteiger partial charge is 0.330 e. The molecule has 0 amide bonds. The second kappa shape index (κ2) is 5.83. The van der Waals surface area contributed by atoms with Gasteiger partial charge in [-0.05, 0) is 48.4 Å². The summed E-state index contributed by atoms with van der Waals surface area (Å²) in [5, 5.41) is 0.521. The molecule has 0 saturated carbocycles. The topological polar surface area (TPSA) is 26.0 Å². The monoisotopic (exact) mass is 257 g/mol. The maximum atomic E-state index is 13.8. The van der Waals surface area contributed by atoms with Crippen molar-refractivity contribution in [1.82, 2.24) is 0 Å². The van der Waals surface area contributed by atoms with Crippen molar-refractivity contribution in [1.29, 1.82) is 0 Å². The zero-order chi connectivity index (χ0) is 13.1. The van der Waals surface area contributed by atoms with Gasteiger partial charge in [0.15, 0.2) is 0 Å². The minimum atomic E-state index is -0.218. The molecule has 1 nitrogen and oxygen atoms in total. The second-order valence-corrected chi connectivity index (χ2v) is 5.83. The van der Waals surface area contributed by atoms with Crippen LogP contribution in [-0.4, -0.2) is 6.54 Å². The Hall–Kier alpha value is -0.600. The van der Waals surface area contributed by atoms with Gasteiger partial charge in [-0.2, -0.15) is 0 Å². The van der Waals surface area contributed by atoms with Crippen LogP contribution in [0.1, 0.15) is 44.7 Å². The van der Waals surface area contributed by atoms with E-state index in [0.717, 1.165) is 30.4 Å². The zero-order valence-electron chi connectivity index (χ0n) is 10.8. The molecule has 0 aromatic heterocycles. The van der Waals surface area contributed by atoms with E-state index in [2.05, 4.69) is 0 Å². The van der Waals surface area contributed by atoms with Gasteiger partial charge in [-0.25, -0.2) is 4.39 Å². The van der Waals surface area contributed by atoms with Gasteiger partial charge in [0.2, 0.25) is 0 Å². The number of unbranched alkanes of at least 4 members (excludes halogenated alkanes) is 1. The summed E-state index contributed by atoms with van der Waals surface area (Å²) in [6.07, 6.45) is 2.82. The molecule has 0 saturated heterocycles. The molecular weight excluding hydrogens is 237 g/mol. The fourth-order valence-electron chi connectivity index (χ4n) is 1.82. The number of aryl methyl sites for hydroxylation is 1. The van der Waals surface area contributed by atoms with E-state index in [1.54, 1.807) is 0 Å². The summed E-state index contributed by atoms with van der Waals surface area (Å²) in [6.45, 7) is 6.69. The molecule has 0 aliphatic carbocycles. The zero-order valence-corrected chi connectivity index (χ0v) is 11.6. The Morgan fingerprint density at radius 1 is 1.24 bits per heavy atom. The van der Waals surface area contributed by atoms with Crippen LogP contribution in [0.2, 0.25) is 5.02 Å². The molecule has 0 heterocycles. The van der Waals surface area contributed by atoms with Gasteiger partial charge in [-0.1, -0.05) is 38.4 Å². The maximum Gasteiger partial charge on any atom is 0.128 e. The van der Waals surface area contributed by atoms with Crippen molar-refractivity contribution < 1.29 is 4.39 Å². The summed E-state index contributed by atoms with van der Waals surface area (Å²) in [5.74, 6) is -0.218. The molecule has 1 aromatic carbocycles. The summed E-state index contributed by atoms with van der Waals surface area (Å²) in [6, 6.07) is 3.33. The third-order valence-electron chi connectivity index (χ3n) is 2.84. The molecule has 0 radical (unpaired) electrons. The first-order chi connectivity index (χ1) is 7.86. The number of hydrogen-bond donors (Lipinski definition) is 1. The predicted molar refractivity (Wildman–Crippen MR) is 72.1 cm³/mol. The van der Waals surface area contributed by atoms with Crippen molar-refractivity contribution in [3.05, 3.63) is 34.1 Å². The normalized spacial score (nSPS) is 11.9. The predicted octanol–water partition coefficient (Wildman–Crippen LogP) is 4.06. The molecule has 0 aliphatic heterocycles. The van der Waals surface area contributed by atoms with E-state index in [0.29, 0.717) is 11.6 Å². The molecule has 0 fully saturated rings. The molecule has 2 N–H and O–H groups in total. The third kappa shape index (κ3) is 3.97. The standard InChI is InChI=1S/C14H21ClFN/c1-14(2,3)11-8-10(6-4-5-7-17)12(15)9-13(11)16/h8-9H,4-7,17H2,1-3H3. The van der Waals surface area contributed by atoms with Crippen molar-refractivity contribution in [2.45, 2.75) is 45.4 Å².